The highest BCUT2D eigenvalue weighted by Gasteiger charge is 2.49. The van der Waals surface area contributed by atoms with E-state index in [4.69, 9.17) is 4.74 Å². The van der Waals surface area contributed by atoms with Crippen LogP contribution >= 0.6 is 0 Å². The van der Waals surface area contributed by atoms with Gasteiger partial charge in [-0.05, 0) is 38.1 Å². The zero-order chi connectivity index (χ0) is 13.1. The Morgan fingerprint density at radius 3 is 2.37 bits per heavy atom. The van der Waals surface area contributed by atoms with Crippen molar-refractivity contribution in [2.24, 2.45) is 5.92 Å². The van der Waals surface area contributed by atoms with E-state index in [9.17, 15) is 0 Å². The van der Waals surface area contributed by atoms with Crippen LogP contribution in [0.4, 0.5) is 0 Å². The van der Waals surface area contributed by atoms with Crippen molar-refractivity contribution < 1.29 is 4.74 Å². The van der Waals surface area contributed by atoms with Crippen LogP contribution in [0.5, 0.6) is 0 Å². The number of hydrogen-bond acceptors (Lipinski definition) is 3. The SMILES string of the molecule is CCNC(C1CCC1)C1(N2CCOCC2)CCCC1. The van der Waals surface area contributed by atoms with Crippen LogP contribution in [0.2, 0.25) is 0 Å². The Morgan fingerprint density at radius 1 is 1.16 bits per heavy atom. The molecule has 3 aliphatic rings. The normalized spacial score (nSPS) is 30.2. The molecular formula is C16H30N2O. The molecule has 2 aliphatic carbocycles. The Kier molecular flexibility index (Phi) is 4.45. The van der Waals surface area contributed by atoms with Gasteiger partial charge in [0.05, 0.1) is 13.2 Å². The molecule has 1 heterocycles. The molecular weight excluding hydrogens is 236 g/mol. The summed E-state index contributed by atoms with van der Waals surface area (Å²) in [5, 5.41) is 3.88. The molecule has 3 nitrogen and oxygen atoms in total. The van der Waals surface area contributed by atoms with Crippen LogP contribution in [-0.2, 0) is 4.74 Å². The van der Waals surface area contributed by atoms with Gasteiger partial charge >= 0.3 is 0 Å². The van der Waals surface area contributed by atoms with E-state index < -0.39 is 0 Å². The van der Waals surface area contributed by atoms with Crippen LogP contribution in [0.25, 0.3) is 0 Å². The van der Waals surface area contributed by atoms with Crippen LogP contribution in [0.3, 0.4) is 0 Å². The number of nitrogens with zero attached hydrogens (tertiary/aromatic N) is 1. The van der Waals surface area contributed by atoms with E-state index in [1.165, 1.54) is 44.9 Å². The topological polar surface area (TPSA) is 24.5 Å². The predicted molar refractivity (Wildman–Crippen MR) is 78.4 cm³/mol. The van der Waals surface area contributed by atoms with Gasteiger partial charge in [-0.1, -0.05) is 26.2 Å². The zero-order valence-corrected chi connectivity index (χ0v) is 12.5. The lowest BCUT2D eigenvalue weighted by Crippen LogP contribution is -2.65. The highest BCUT2D eigenvalue weighted by Crippen LogP contribution is 2.45. The quantitative estimate of drug-likeness (QED) is 0.827. The third-order valence-electron chi connectivity index (χ3n) is 5.73. The molecule has 0 bridgehead atoms. The minimum atomic E-state index is 0.449. The molecule has 0 aromatic rings. The van der Waals surface area contributed by atoms with Gasteiger partial charge in [-0.2, -0.15) is 0 Å². The van der Waals surface area contributed by atoms with E-state index in [1.807, 2.05) is 0 Å². The highest BCUT2D eigenvalue weighted by molar-refractivity contribution is 5.07. The number of ether oxygens (including phenoxy) is 1. The molecule has 0 spiro atoms. The van der Waals surface area contributed by atoms with Gasteiger partial charge in [0.2, 0.25) is 0 Å². The maximum Gasteiger partial charge on any atom is 0.0594 e. The van der Waals surface area contributed by atoms with Gasteiger partial charge in [0, 0.05) is 24.7 Å². The Bertz CT molecular complexity index is 278. The van der Waals surface area contributed by atoms with Crippen molar-refractivity contribution in [1.82, 2.24) is 10.2 Å². The number of likely N-dealkylation sites (N-methyl/N-ethyl adjacent to an activating group) is 1. The lowest BCUT2D eigenvalue weighted by molar-refractivity contribution is -0.0510. The molecule has 2 saturated carbocycles. The van der Waals surface area contributed by atoms with Crippen LogP contribution in [-0.4, -0.2) is 49.3 Å². The second-order valence-electron chi connectivity index (χ2n) is 6.64. The van der Waals surface area contributed by atoms with E-state index in [2.05, 4.69) is 17.1 Å². The first kappa shape index (κ1) is 13.8. The van der Waals surface area contributed by atoms with E-state index >= 15 is 0 Å². The van der Waals surface area contributed by atoms with E-state index in [0.717, 1.165) is 44.8 Å². The summed E-state index contributed by atoms with van der Waals surface area (Å²) in [5.74, 6) is 0.931. The molecule has 110 valence electrons. The fraction of sp³-hybridized carbons (Fsp3) is 1.00. The lowest BCUT2D eigenvalue weighted by Gasteiger charge is -2.52. The van der Waals surface area contributed by atoms with E-state index in [0.29, 0.717) is 5.54 Å². The Labute approximate surface area is 118 Å². The zero-order valence-electron chi connectivity index (χ0n) is 12.5. The van der Waals surface area contributed by atoms with Gasteiger partial charge in [-0.25, -0.2) is 0 Å². The fourth-order valence-electron chi connectivity index (χ4n) is 4.61. The van der Waals surface area contributed by atoms with Gasteiger partial charge in [-0.3, -0.25) is 4.90 Å². The first-order chi connectivity index (χ1) is 9.37. The van der Waals surface area contributed by atoms with Gasteiger partial charge in [0.25, 0.3) is 0 Å². The molecule has 3 fully saturated rings. The van der Waals surface area contributed by atoms with Crippen LogP contribution < -0.4 is 5.32 Å². The second kappa shape index (κ2) is 6.11. The molecule has 3 rings (SSSR count). The minimum absolute atomic E-state index is 0.449. The Balaban J connectivity index is 1.79. The van der Waals surface area contributed by atoms with Crippen molar-refractivity contribution in [2.45, 2.75) is 63.5 Å². The monoisotopic (exact) mass is 266 g/mol. The summed E-state index contributed by atoms with van der Waals surface area (Å²) in [6.45, 7) is 7.56. The molecule has 19 heavy (non-hydrogen) atoms. The Hall–Kier alpha value is -0.120. The first-order valence-corrected chi connectivity index (χ1v) is 8.43. The molecule has 1 aliphatic heterocycles. The minimum Gasteiger partial charge on any atom is -0.379 e. The number of rotatable bonds is 5. The lowest BCUT2D eigenvalue weighted by atomic mass is 9.70. The largest absolute Gasteiger partial charge is 0.379 e. The number of morpholine rings is 1. The third kappa shape index (κ3) is 2.57. The smallest absolute Gasteiger partial charge is 0.0594 e. The molecule has 0 aromatic carbocycles. The van der Waals surface area contributed by atoms with Crippen LogP contribution in [0.1, 0.15) is 51.9 Å². The maximum absolute atomic E-state index is 5.58. The summed E-state index contributed by atoms with van der Waals surface area (Å²) in [4.78, 5) is 2.79. The Morgan fingerprint density at radius 2 is 1.84 bits per heavy atom. The molecule has 0 radical (unpaired) electrons. The van der Waals surface area contributed by atoms with Crippen molar-refractivity contribution in [3.8, 4) is 0 Å². The first-order valence-electron chi connectivity index (χ1n) is 8.43. The van der Waals surface area contributed by atoms with Crippen molar-refractivity contribution >= 4 is 0 Å². The summed E-state index contributed by atoms with van der Waals surface area (Å²) in [5.41, 5.74) is 0.449. The molecule has 0 aromatic heterocycles. The van der Waals surface area contributed by atoms with Gasteiger partial charge in [0.1, 0.15) is 0 Å². The average Bonchev–Trinajstić information content (AvgIpc) is 2.88. The van der Waals surface area contributed by atoms with Crippen molar-refractivity contribution in [2.75, 3.05) is 32.8 Å². The number of nitrogens with one attached hydrogen (secondary N) is 1. The second-order valence-corrected chi connectivity index (χ2v) is 6.64. The summed E-state index contributed by atoms with van der Waals surface area (Å²) in [7, 11) is 0. The van der Waals surface area contributed by atoms with Gasteiger partial charge < -0.3 is 10.1 Å². The number of hydrogen-bond donors (Lipinski definition) is 1. The molecule has 1 saturated heterocycles. The third-order valence-corrected chi connectivity index (χ3v) is 5.73. The van der Waals surface area contributed by atoms with Crippen molar-refractivity contribution in [1.29, 1.82) is 0 Å². The highest BCUT2D eigenvalue weighted by atomic mass is 16.5. The van der Waals surface area contributed by atoms with Crippen molar-refractivity contribution in [3.05, 3.63) is 0 Å². The van der Waals surface area contributed by atoms with E-state index in [1.54, 1.807) is 0 Å². The van der Waals surface area contributed by atoms with Crippen LogP contribution in [0.15, 0.2) is 0 Å². The van der Waals surface area contributed by atoms with Crippen molar-refractivity contribution in [3.63, 3.8) is 0 Å². The predicted octanol–water partition coefficient (Wildman–Crippen LogP) is 2.41. The molecule has 1 N–H and O–H groups in total. The molecule has 0 amide bonds. The van der Waals surface area contributed by atoms with Crippen LogP contribution in [0, 0.1) is 5.92 Å². The van der Waals surface area contributed by atoms with E-state index in [-0.39, 0.29) is 0 Å². The summed E-state index contributed by atoms with van der Waals surface area (Å²) >= 11 is 0. The average molecular weight is 266 g/mol. The summed E-state index contributed by atoms with van der Waals surface area (Å²) in [6.07, 6.45) is 10.00. The molecule has 3 heteroatoms. The van der Waals surface area contributed by atoms with Gasteiger partial charge in [-0.15, -0.1) is 0 Å². The fourth-order valence-corrected chi connectivity index (χ4v) is 4.61. The summed E-state index contributed by atoms with van der Waals surface area (Å²) < 4.78 is 5.58. The summed E-state index contributed by atoms with van der Waals surface area (Å²) in [6, 6.07) is 0.729. The molecule has 1 unspecified atom stereocenters. The maximum atomic E-state index is 5.58. The van der Waals surface area contributed by atoms with Gasteiger partial charge in [0.15, 0.2) is 0 Å². The molecule has 1 atom stereocenters. The standard InChI is InChI=1S/C16H30N2O/c1-2-17-15(14-6-5-7-14)16(8-3-4-9-16)18-10-12-19-13-11-18/h14-15,17H,2-13H2,1H3.